The molecule has 1 fully saturated rings. The number of methoxy groups -OCH3 is 1. The van der Waals surface area contributed by atoms with Crippen LogP contribution in [0.1, 0.15) is 26.7 Å². The number of rotatable bonds is 7. The van der Waals surface area contributed by atoms with Gasteiger partial charge in [-0.25, -0.2) is 0 Å². The van der Waals surface area contributed by atoms with Gasteiger partial charge in [0, 0.05) is 26.2 Å². The minimum absolute atomic E-state index is 0. The number of anilines is 1. The van der Waals surface area contributed by atoms with Crippen molar-refractivity contribution in [1.29, 1.82) is 0 Å². The summed E-state index contributed by atoms with van der Waals surface area (Å²) in [5.41, 5.74) is 0. The Balaban J connectivity index is 0.00000288. The number of piperidine rings is 1. The standard InChI is InChI=1S/C16H28N4O2S.BrH/c1-6-20(7-2)16-17-14(21-4)13(23-5)15(18-16)22-12-8-10-19(3)11-9-12;/h12H,6-11H2,1-5H3;1H. The molecule has 0 saturated carbocycles. The maximum atomic E-state index is 6.24. The lowest BCUT2D eigenvalue weighted by Crippen LogP contribution is -2.36. The summed E-state index contributed by atoms with van der Waals surface area (Å²) in [7, 11) is 3.79. The molecule has 24 heavy (non-hydrogen) atoms. The summed E-state index contributed by atoms with van der Waals surface area (Å²) in [4.78, 5) is 14.6. The van der Waals surface area contributed by atoms with E-state index >= 15 is 0 Å². The molecule has 1 aliphatic rings. The quantitative estimate of drug-likeness (QED) is 0.627. The van der Waals surface area contributed by atoms with Crippen molar-refractivity contribution >= 4 is 34.7 Å². The van der Waals surface area contributed by atoms with Gasteiger partial charge >= 0.3 is 0 Å². The average molecular weight is 421 g/mol. The first kappa shape index (κ1) is 21.3. The smallest absolute Gasteiger partial charge is 0.236 e. The van der Waals surface area contributed by atoms with Gasteiger partial charge in [0.25, 0.3) is 0 Å². The number of aromatic nitrogens is 2. The third-order valence-corrected chi connectivity index (χ3v) is 4.94. The zero-order chi connectivity index (χ0) is 16.8. The molecule has 0 N–H and O–H groups in total. The van der Waals surface area contributed by atoms with Gasteiger partial charge in [-0.3, -0.25) is 0 Å². The van der Waals surface area contributed by atoms with Crippen molar-refractivity contribution in [3.8, 4) is 11.8 Å². The predicted octanol–water partition coefficient (Wildman–Crippen LogP) is 3.10. The molecule has 1 aliphatic heterocycles. The van der Waals surface area contributed by atoms with Crippen LogP contribution in [0.5, 0.6) is 11.8 Å². The molecular weight excluding hydrogens is 392 g/mol. The van der Waals surface area contributed by atoms with Crippen LogP contribution in [-0.2, 0) is 0 Å². The Hall–Kier alpha value is -0.730. The first-order valence-electron chi connectivity index (χ1n) is 8.23. The number of halogens is 1. The Labute approximate surface area is 160 Å². The van der Waals surface area contributed by atoms with E-state index in [9.17, 15) is 0 Å². The van der Waals surface area contributed by atoms with E-state index in [1.165, 1.54) is 0 Å². The third-order valence-electron chi connectivity index (χ3n) is 4.18. The molecule has 0 radical (unpaired) electrons. The molecule has 1 aromatic heterocycles. The summed E-state index contributed by atoms with van der Waals surface area (Å²) in [6, 6.07) is 0. The van der Waals surface area contributed by atoms with Crippen LogP contribution in [0.15, 0.2) is 4.90 Å². The molecule has 2 heterocycles. The highest BCUT2D eigenvalue weighted by Gasteiger charge is 2.23. The van der Waals surface area contributed by atoms with Crippen LogP contribution >= 0.6 is 28.7 Å². The molecular formula is C16H29BrN4O2S. The predicted molar refractivity (Wildman–Crippen MR) is 105 cm³/mol. The maximum Gasteiger partial charge on any atom is 0.236 e. The van der Waals surface area contributed by atoms with E-state index in [2.05, 4.69) is 40.7 Å². The molecule has 8 heteroatoms. The van der Waals surface area contributed by atoms with Crippen LogP contribution in [0.2, 0.25) is 0 Å². The van der Waals surface area contributed by atoms with Crippen molar-refractivity contribution in [2.24, 2.45) is 0 Å². The first-order chi connectivity index (χ1) is 11.1. The highest BCUT2D eigenvalue weighted by Crippen LogP contribution is 2.36. The number of nitrogens with zero attached hydrogens (tertiary/aromatic N) is 4. The van der Waals surface area contributed by atoms with Gasteiger partial charge in [0.1, 0.15) is 11.0 Å². The summed E-state index contributed by atoms with van der Waals surface area (Å²) in [6.07, 6.45) is 4.26. The molecule has 0 aromatic carbocycles. The number of hydrogen-bond donors (Lipinski definition) is 0. The van der Waals surface area contributed by atoms with Gasteiger partial charge in [-0.2, -0.15) is 9.97 Å². The SMILES string of the molecule is Br.CCN(CC)c1nc(OC)c(SC)c(OC2CCN(C)CC2)n1. The van der Waals surface area contributed by atoms with Crippen molar-refractivity contribution < 1.29 is 9.47 Å². The average Bonchev–Trinajstić information content (AvgIpc) is 2.57. The number of hydrogen-bond acceptors (Lipinski definition) is 7. The fourth-order valence-corrected chi connectivity index (χ4v) is 3.27. The van der Waals surface area contributed by atoms with Gasteiger partial charge < -0.3 is 19.3 Å². The van der Waals surface area contributed by atoms with E-state index in [1.807, 2.05) is 6.26 Å². The fraction of sp³-hybridized carbons (Fsp3) is 0.750. The van der Waals surface area contributed by atoms with Crippen LogP contribution < -0.4 is 14.4 Å². The topological polar surface area (TPSA) is 50.7 Å². The number of ether oxygens (including phenoxy) is 2. The minimum atomic E-state index is 0. The lowest BCUT2D eigenvalue weighted by Gasteiger charge is -2.30. The van der Waals surface area contributed by atoms with Crippen LogP contribution in [-0.4, -0.2) is 67.6 Å². The Morgan fingerprint density at radius 2 is 1.75 bits per heavy atom. The van der Waals surface area contributed by atoms with Crippen LogP contribution in [0, 0.1) is 0 Å². The molecule has 1 saturated heterocycles. The van der Waals surface area contributed by atoms with Crippen molar-refractivity contribution in [2.45, 2.75) is 37.7 Å². The lowest BCUT2D eigenvalue weighted by molar-refractivity contribution is 0.106. The molecule has 0 atom stereocenters. The highest BCUT2D eigenvalue weighted by atomic mass is 79.9. The Kier molecular flexibility index (Phi) is 9.15. The van der Waals surface area contributed by atoms with Gasteiger partial charge in [-0.15, -0.1) is 28.7 Å². The normalized spacial score (nSPS) is 15.7. The highest BCUT2D eigenvalue weighted by molar-refractivity contribution is 8.93. The van der Waals surface area contributed by atoms with Crippen molar-refractivity contribution in [3.63, 3.8) is 0 Å². The van der Waals surface area contributed by atoms with Gasteiger partial charge in [-0.1, -0.05) is 0 Å². The summed E-state index contributed by atoms with van der Waals surface area (Å²) in [6.45, 7) is 8.02. The van der Waals surface area contributed by atoms with Gasteiger partial charge in [0.05, 0.1) is 7.11 Å². The van der Waals surface area contributed by atoms with Gasteiger partial charge in [0.15, 0.2) is 0 Å². The second-order valence-electron chi connectivity index (χ2n) is 5.66. The van der Waals surface area contributed by atoms with E-state index in [4.69, 9.17) is 9.47 Å². The zero-order valence-electron chi connectivity index (χ0n) is 15.2. The summed E-state index contributed by atoms with van der Waals surface area (Å²) < 4.78 is 11.7. The van der Waals surface area contributed by atoms with Gasteiger partial charge in [0.2, 0.25) is 17.7 Å². The second kappa shape index (κ2) is 10.3. The van der Waals surface area contributed by atoms with Gasteiger partial charge in [-0.05, 0) is 40.0 Å². The van der Waals surface area contributed by atoms with Crippen molar-refractivity contribution in [2.75, 3.05) is 51.5 Å². The first-order valence-corrected chi connectivity index (χ1v) is 9.45. The van der Waals surface area contributed by atoms with Crippen molar-refractivity contribution in [3.05, 3.63) is 0 Å². The van der Waals surface area contributed by atoms with E-state index in [0.717, 1.165) is 43.9 Å². The summed E-state index contributed by atoms with van der Waals surface area (Å²) >= 11 is 1.57. The van der Waals surface area contributed by atoms with E-state index in [-0.39, 0.29) is 23.1 Å². The van der Waals surface area contributed by atoms with Crippen LogP contribution in [0.3, 0.4) is 0 Å². The number of thioether (sulfide) groups is 1. The molecule has 0 spiro atoms. The van der Waals surface area contributed by atoms with E-state index in [0.29, 0.717) is 17.7 Å². The molecule has 1 aromatic rings. The molecule has 2 rings (SSSR count). The summed E-state index contributed by atoms with van der Waals surface area (Å²) in [5, 5.41) is 0. The number of likely N-dealkylation sites (tertiary alicyclic amines) is 1. The monoisotopic (exact) mass is 420 g/mol. The maximum absolute atomic E-state index is 6.24. The lowest BCUT2D eigenvalue weighted by atomic mass is 10.1. The summed E-state index contributed by atoms with van der Waals surface area (Å²) in [5.74, 6) is 1.92. The Bertz CT molecular complexity index is 509. The zero-order valence-corrected chi connectivity index (χ0v) is 17.8. The van der Waals surface area contributed by atoms with Crippen LogP contribution in [0.25, 0.3) is 0 Å². The molecule has 0 aliphatic carbocycles. The van der Waals surface area contributed by atoms with E-state index in [1.54, 1.807) is 18.9 Å². The molecule has 138 valence electrons. The third kappa shape index (κ3) is 5.13. The molecule has 0 unspecified atom stereocenters. The van der Waals surface area contributed by atoms with Crippen molar-refractivity contribution in [1.82, 2.24) is 14.9 Å². The molecule has 6 nitrogen and oxygen atoms in total. The largest absolute Gasteiger partial charge is 0.480 e. The second-order valence-corrected chi connectivity index (χ2v) is 6.48. The molecule has 0 bridgehead atoms. The Morgan fingerprint density at radius 1 is 1.17 bits per heavy atom. The minimum Gasteiger partial charge on any atom is -0.480 e. The molecule has 0 amide bonds. The van der Waals surface area contributed by atoms with Crippen LogP contribution in [0.4, 0.5) is 5.95 Å². The Morgan fingerprint density at radius 3 is 2.25 bits per heavy atom. The van der Waals surface area contributed by atoms with E-state index < -0.39 is 0 Å². The fourth-order valence-electron chi connectivity index (χ4n) is 2.70.